The third kappa shape index (κ3) is 1.76. The minimum atomic E-state index is -0.671. The Kier molecular flexibility index (Phi) is 2.84. The lowest BCUT2D eigenvalue weighted by atomic mass is 9.97. The lowest BCUT2D eigenvalue weighted by Gasteiger charge is -2.14. The molecule has 0 bridgehead atoms. The summed E-state index contributed by atoms with van der Waals surface area (Å²) in [7, 11) is 0. The Morgan fingerprint density at radius 1 is 1.06 bits per heavy atom. The summed E-state index contributed by atoms with van der Waals surface area (Å²) in [4.78, 5) is 0. The molecule has 0 aliphatic carbocycles. The van der Waals surface area contributed by atoms with Gasteiger partial charge < -0.3 is 9.52 Å². The Morgan fingerprint density at radius 2 is 1.81 bits per heavy atom. The van der Waals surface area contributed by atoms with Crippen LogP contribution in [-0.4, -0.2) is 5.11 Å². The molecule has 16 heavy (non-hydrogen) atoms. The molecule has 1 heterocycles. The summed E-state index contributed by atoms with van der Waals surface area (Å²) in [6, 6.07) is 7.80. The lowest BCUT2D eigenvalue weighted by Crippen LogP contribution is -2.03. The molecule has 0 aliphatic rings. The zero-order chi connectivity index (χ0) is 11.7. The number of aliphatic hydroxyl groups excluding tert-OH is 1. The first-order valence-corrected chi connectivity index (χ1v) is 5.39. The van der Waals surface area contributed by atoms with Gasteiger partial charge in [0, 0.05) is 0 Å². The van der Waals surface area contributed by atoms with E-state index >= 15 is 0 Å². The molecule has 84 valence electrons. The second kappa shape index (κ2) is 4.14. The van der Waals surface area contributed by atoms with Crippen molar-refractivity contribution in [3.63, 3.8) is 0 Å². The van der Waals surface area contributed by atoms with Crippen LogP contribution in [0.3, 0.4) is 0 Å². The van der Waals surface area contributed by atoms with Crippen molar-refractivity contribution in [2.75, 3.05) is 0 Å². The van der Waals surface area contributed by atoms with E-state index in [1.807, 2.05) is 45.0 Å². The van der Waals surface area contributed by atoms with Gasteiger partial charge in [-0.05, 0) is 49.1 Å². The number of hydrogen-bond acceptors (Lipinski definition) is 2. The van der Waals surface area contributed by atoms with Crippen LogP contribution in [0.25, 0.3) is 0 Å². The number of aliphatic hydroxyl groups is 1. The highest BCUT2D eigenvalue weighted by molar-refractivity contribution is 5.38. The molecule has 0 saturated heterocycles. The largest absolute Gasteiger partial charge is 0.466 e. The molecule has 1 unspecified atom stereocenters. The van der Waals surface area contributed by atoms with Crippen LogP contribution in [0, 0.1) is 20.8 Å². The van der Waals surface area contributed by atoms with Crippen LogP contribution in [-0.2, 0) is 0 Å². The number of rotatable bonds is 2. The molecule has 2 rings (SSSR count). The van der Waals surface area contributed by atoms with E-state index < -0.39 is 6.10 Å². The second-order valence-electron chi connectivity index (χ2n) is 4.16. The molecule has 1 aromatic carbocycles. The quantitative estimate of drug-likeness (QED) is 0.835. The van der Waals surface area contributed by atoms with E-state index in [0.717, 1.165) is 16.7 Å². The number of furan rings is 1. The Labute approximate surface area is 95.5 Å². The third-order valence-corrected chi connectivity index (χ3v) is 3.09. The molecule has 0 radical (unpaired) electrons. The topological polar surface area (TPSA) is 33.4 Å². The second-order valence-corrected chi connectivity index (χ2v) is 4.16. The Morgan fingerprint density at radius 3 is 2.44 bits per heavy atom. The van der Waals surface area contributed by atoms with Gasteiger partial charge in [0.15, 0.2) is 0 Å². The van der Waals surface area contributed by atoms with Crippen LogP contribution in [0.5, 0.6) is 0 Å². The van der Waals surface area contributed by atoms with Gasteiger partial charge in [-0.2, -0.15) is 0 Å². The molecule has 1 atom stereocenters. The van der Waals surface area contributed by atoms with Crippen LogP contribution in [0.15, 0.2) is 34.9 Å². The van der Waals surface area contributed by atoms with Gasteiger partial charge in [0.1, 0.15) is 11.9 Å². The summed E-state index contributed by atoms with van der Waals surface area (Å²) in [5.41, 5.74) is 4.19. The summed E-state index contributed by atoms with van der Waals surface area (Å²) in [5, 5.41) is 10.3. The molecule has 2 nitrogen and oxygen atoms in total. The molecule has 1 aromatic heterocycles. The van der Waals surface area contributed by atoms with Gasteiger partial charge in [0.2, 0.25) is 0 Å². The van der Waals surface area contributed by atoms with Crippen LogP contribution in [0.1, 0.15) is 34.1 Å². The average Bonchev–Trinajstić information content (AvgIpc) is 2.68. The van der Waals surface area contributed by atoms with E-state index in [9.17, 15) is 5.11 Å². The first kappa shape index (κ1) is 11.0. The van der Waals surface area contributed by atoms with Crippen molar-refractivity contribution in [1.29, 1.82) is 0 Å². The lowest BCUT2D eigenvalue weighted by molar-refractivity contribution is 0.187. The highest BCUT2D eigenvalue weighted by Crippen LogP contribution is 2.28. The van der Waals surface area contributed by atoms with Gasteiger partial charge in [-0.3, -0.25) is 0 Å². The third-order valence-electron chi connectivity index (χ3n) is 3.09. The van der Waals surface area contributed by atoms with E-state index in [0.29, 0.717) is 5.76 Å². The van der Waals surface area contributed by atoms with Crippen LogP contribution in [0.4, 0.5) is 0 Å². The number of aryl methyl sites for hydroxylation is 2. The van der Waals surface area contributed by atoms with Gasteiger partial charge in [-0.15, -0.1) is 0 Å². The van der Waals surface area contributed by atoms with Crippen molar-refractivity contribution in [2.45, 2.75) is 26.9 Å². The summed E-state index contributed by atoms with van der Waals surface area (Å²) < 4.78 is 5.33. The molecular weight excluding hydrogens is 200 g/mol. The first-order valence-electron chi connectivity index (χ1n) is 5.39. The summed E-state index contributed by atoms with van der Waals surface area (Å²) in [6.07, 6.45) is 0.939. The van der Waals surface area contributed by atoms with E-state index in [-0.39, 0.29) is 0 Å². The predicted molar refractivity (Wildman–Crippen MR) is 63.4 cm³/mol. The first-order chi connectivity index (χ1) is 7.61. The predicted octanol–water partition coefficient (Wildman–Crippen LogP) is 3.29. The Balaban J connectivity index is 2.46. The zero-order valence-corrected chi connectivity index (χ0v) is 9.82. The normalized spacial score (nSPS) is 12.8. The van der Waals surface area contributed by atoms with Crippen molar-refractivity contribution in [3.05, 3.63) is 58.5 Å². The van der Waals surface area contributed by atoms with Gasteiger partial charge in [-0.1, -0.05) is 18.2 Å². The average molecular weight is 216 g/mol. The van der Waals surface area contributed by atoms with Crippen molar-refractivity contribution in [1.82, 2.24) is 0 Å². The maximum Gasteiger partial charge on any atom is 0.139 e. The van der Waals surface area contributed by atoms with Gasteiger partial charge in [-0.25, -0.2) is 0 Å². The van der Waals surface area contributed by atoms with E-state index in [4.69, 9.17) is 4.42 Å². The molecule has 2 heteroatoms. The zero-order valence-electron chi connectivity index (χ0n) is 9.82. The van der Waals surface area contributed by atoms with Crippen LogP contribution < -0.4 is 0 Å². The van der Waals surface area contributed by atoms with Crippen molar-refractivity contribution in [2.24, 2.45) is 0 Å². The fourth-order valence-corrected chi connectivity index (χ4v) is 1.88. The maximum absolute atomic E-state index is 10.3. The van der Waals surface area contributed by atoms with E-state index in [1.54, 1.807) is 6.26 Å². The van der Waals surface area contributed by atoms with Crippen molar-refractivity contribution in [3.8, 4) is 0 Å². The van der Waals surface area contributed by atoms with Gasteiger partial charge in [0.25, 0.3) is 0 Å². The molecule has 0 fully saturated rings. The summed E-state index contributed by atoms with van der Waals surface area (Å²) in [5.74, 6) is 0.633. The van der Waals surface area contributed by atoms with Crippen LogP contribution >= 0.6 is 0 Å². The van der Waals surface area contributed by atoms with Gasteiger partial charge >= 0.3 is 0 Å². The van der Waals surface area contributed by atoms with E-state index in [2.05, 4.69) is 0 Å². The molecule has 2 aromatic rings. The summed E-state index contributed by atoms with van der Waals surface area (Å²) in [6.45, 7) is 6.00. The highest BCUT2D eigenvalue weighted by Gasteiger charge is 2.18. The molecule has 1 N–H and O–H groups in total. The molecular formula is C14H16O2. The molecule has 0 aliphatic heterocycles. The Bertz CT molecular complexity index is 497. The fraction of sp³-hybridized carbons (Fsp3) is 0.286. The highest BCUT2D eigenvalue weighted by atomic mass is 16.4. The maximum atomic E-state index is 10.3. The summed E-state index contributed by atoms with van der Waals surface area (Å²) >= 11 is 0. The number of benzene rings is 1. The van der Waals surface area contributed by atoms with Crippen molar-refractivity contribution >= 4 is 0 Å². The smallest absolute Gasteiger partial charge is 0.139 e. The van der Waals surface area contributed by atoms with Gasteiger partial charge in [0.05, 0.1) is 6.26 Å². The minimum Gasteiger partial charge on any atom is -0.466 e. The number of hydrogen-bond donors (Lipinski definition) is 1. The fourth-order valence-electron chi connectivity index (χ4n) is 1.88. The molecule has 0 saturated carbocycles. The Hall–Kier alpha value is -1.54. The van der Waals surface area contributed by atoms with Crippen LogP contribution in [0.2, 0.25) is 0 Å². The van der Waals surface area contributed by atoms with E-state index in [1.165, 1.54) is 5.56 Å². The standard InChI is InChI=1S/C14H16O2/c1-9-5-4-6-12(11(9)3)13(15)14-10(2)7-8-16-14/h4-8,13,15H,1-3H3. The minimum absolute atomic E-state index is 0.633. The monoisotopic (exact) mass is 216 g/mol. The SMILES string of the molecule is Cc1ccoc1C(O)c1cccc(C)c1C. The molecule has 0 amide bonds. The van der Waals surface area contributed by atoms with Crippen molar-refractivity contribution < 1.29 is 9.52 Å². The molecule has 0 spiro atoms.